The number of nitrogens with one attached hydrogen (secondary N) is 2. The third-order valence-electron chi connectivity index (χ3n) is 6.38. The van der Waals surface area contributed by atoms with E-state index in [1.165, 1.54) is 0 Å². The Labute approximate surface area is 228 Å². The van der Waals surface area contributed by atoms with Gasteiger partial charge >= 0.3 is 6.09 Å². The first-order valence-electron chi connectivity index (χ1n) is 13.7. The highest BCUT2D eigenvalue weighted by Crippen LogP contribution is 2.25. The number of rotatable bonds is 12. The monoisotopic (exact) mass is 523 g/mol. The lowest BCUT2D eigenvalue weighted by atomic mass is 9.97. The lowest BCUT2D eigenvalue weighted by Gasteiger charge is -2.34. The number of alkyl carbamates (subject to hydrolysis) is 1. The largest absolute Gasteiger partial charge is 0.444 e. The predicted molar refractivity (Wildman–Crippen MR) is 152 cm³/mol. The molecule has 7 nitrogen and oxygen atoms in total. The van der Waals surface area contributed by atoms with Gasteiger partial charge in [0.1, 0.15) is 17.7 Å². The van der Waals surface area contributed by atoms with Gasteiger partial charge in [-0.1, -0.05) is 68.3 Å². The van der Waals surface area contributed by atoms with E-state index in [0.29, 0.717) is 13.1 Å². The number of nitrogens with zero attached hydrogens (tertiary/aromatic N) is 1. The minimum atomic E-state index is -0.908. The molecule has 0 aliphatic carbocycles. The van der Waals surface area contributed by atoms with Crippen molar-refractivity contribution < 1.29 is 19.1 Å². The molecular weight excluding hydrogens is 478 g/mol. The van der Waals surface area contributed by atoms with Gasteiger partial charge in [-0.25, -0.2) is 4.79 Å². The number of aryl methyl sites for hydroxylation is 2. The van der Waals surface area contributed by atoms with E-state index in [1.54, 1.807) is 25.7 Å². The zero-order valence-corrected chi connectivity index (χ0v) is 24.1. The van der Waals surface area contributed by atoms with Crippen molar-refractivity contribution in [3.05, 3.63) is 70.8 Å². The Balaban J connectivity index is 2.44. The fraction of sp³-hybridized carbons (Fsp3) is 0.516. The number of ether oxygens (including phenoxy) is 1. The smallest absolute Gasteiger partial charge is 0.408 e. The van der Waals surface area contributed by atoms with Gasteiger partial charge in [0.2, 0.25) is 11.8 Å². The molecule has 2 unspecified atom stereocenters. The van der Waals surface area contributed by atoms with Crippen LogP contribution in [0, 0.1) is 13.8 Å². The Hall–Kier alpha value is -3.35. The van der Waals surface area contributed by atoms with Gasteiger partial charge in [0, 0.05) is 19.5 Å². The molecule has 2 aromatic carbocycles. The topological polar surface area (TPSA) is 87.7 Å². The summed E-state index contributed by atoms with van der Waals surface area (Å²) in [5.41, 5.74) is 3.08. The normalized spacial score (nSPS) is 12.8. The molecule has 0 aliphatic rings. The molecule has 0 aliphatic heterocycles. The number of carbonyl (C=O) groups excluding carboxylic acids is 3. The van der Waals surface area contributed by atoms with Crippen molar-refractivity contribution in [2.24, 2.45) is 0 Å². The minimum absolute atomic E-state index is 0.227. The molecule has 2 aromatic rings. The number of benzene rings is 2. The molecule has 2 atom stereocenters. The van der Waals surface area contributed by atoms with Gasteiger partial charge in [-0.15, -0.1) is 0 Å². The summed E-state index contributed by atoms with van der Waals surface area (Å²) in [5.74, 6) is -0.565. The van der Waals surface area contributed by atoms with Crippen LogP contribution in [-0.4, -0.2) is 47.5 Å². The van der Waals surface area contributed by atoms with Gasteiger partial charge < -0.3 is 20.3 Å². The third-order valence-corrected chi connectivity index (χ3v) is 6.38. The van der Waals surface area contributed by atoms with Crippen molar-refractivity contribution in [2.45, 2.75) is 91.8 Å². The third kappa shape index (κ3) is 9.51. The van der Waals surface area contributed by atoms with Crippen LogP contribution in [0.4, 0.5) is 4.79 Å². The van der Waals surface area contributed by atoms with Crippen LogP contribution in [0.5, 0.6) is 0 Å². The summed E-state index contributed by atoms with van der Waals surface area (Å²) in [7, 11) is 0. The van der Waals surface area contributed by atoms with Crippen LogP contribution in [0.15, 0.2) is 48.5 Å². The van der Waals surface area contributed by atoms with Gasteiger partial charge in [0.25, 0.3) is 0 Å². The second kappa shape index (κ2) is 14.6. The molecule has 0 spiro atoms. The summed E-state index contributed by atoms with van der Waals surface area (Å²) in [6.45, 7) is 14.1. The first-order valence-corrected chi connectivity index (χ1v) is 13.7. The zero-order chi connectivity index (χ0) is 28.3. The first kappa shape index (κ1) is 30.9. The molecule has 0 saturated heterocycles. The standard InChI is InChI=1S/C31H45N3O4/c1-8-10-14-19-32-28(35)27(25-18-17-22(3)23(4)20-25)34(9-2)29(36)26(21-24-15-12-11-13-16-24)33-30(37)38-31(5,6)7/h11-13,15-18,20,26-27H,8-10,14,19,21H2,1-7H3,(H,32,35)(H,33,37). The molecule has 208 valence electrons. The van der Waals surface area contributed by atoms with Crippen LogP contribution in [0.1, 0.15) is 82.2 Å². The predicted octanol–water partition coefficient (Wildman–Crippen LogP) is 5.64. The maximum atomic E-state index is 14.1. The molecule has 3 amide bonds. The zero-order valence-electron chi connectivity index (χ0n) is 24.1. The van der Waals surface area contributed by atoms with Crippen LogP contribution in [0.3, 0.4) is 0 Å². The Morgan fingerprint density at radius 2 is 1.63 bits per heavy atom. The lowest BCUT2D eigenvalue weighted by molar-refractivity contribution is -0.142. The molecule has 0 bridgehead atoms. The first-order chi connectivity index (χ1) is 18.0. The molecule has 7 heteroatoms. The van der Waals surface area contributed by atoms with Gasteiger partial charge in [-0.2, -0.15) is 0 Å². The fourth-order valence-electron chi connectivity index (χ4n) is 4.26. The van der Waals surface area contributed by atoms with E-state index < -0.39 is 23.8 Å². The van der Waals surface area contributed by atoms with Crippen molar-refractivity contribution >= 4 is 17.9 Å². The fourth-order valence-corrected chi connectivity index (χ4v) is 4.26. The quantitative estimate of drug-likeness (QED) is 0.353. The summed E-state index contributed by atoms with van der Waals surface area (Å²) in [6, 6.07) is 13.6. The van der Waals surface area contributed by atoms with Crippen LogP contribution >= 0.6 is 0 Å². The number of unbranched alkanes of at least 4 members (excludes halogenated alkanes) is 2. The van der Waals surface area contributed by atoms with E-state index in [9.17, 15) is 14.4 Å². The lowest BCUT2D eigenvalue weighted by Crippen LogP contribution is -2.53. The van der Waals surface area contributed by atoms with E-state index in [2.05, 4.69) is 17.6 Å². The maximum absolute atomic E-state index is 14.1. The average Bonchev–Trinajstić information content (AvgIpc) is 2.85. The number of carbonyl (C=O) groups is 3. The molecule has 0 heterocycles. The van der Waals surface area contributed by atoms with Crippen LogP contribution < -0.4 is 10.6 Å². The molecule has 0 fully saturated rings. The Morgan fingerprint density at radius 1 is 0.947 bits per heavy atom. The van der Waals surface area contributed by atoms with Gasteiger partial charge in [-0.3, -0.25) is 9.59 Å². The molecule has 0 saturated carbocycles. The van der Waals surface area contributed by atoms with E-state index in [1.807, 2.05) is 69.3 Å². The number of hydrogen-bond acceptors (Lipinski definition) is 4. The van der Waals surface area contributed by atoms with E-state index in [4.69, 9.17) is 4.74 Å². The second-order valence-corrected chi connectivity index (χ2v) is 10.8. The van der Waals surface area contributed by atoms with Crippen LogP contribution in [0.2, 0.25) is 0 Å². The summed E-state index contributed by atoms with van der Waals surface area (Å²) < 4.78 is 5.47. The van der Waals surface area contributed by atoms with Crippen molar-refractivity contribution in [1.29, 1.82) is 0 Å². The number of likely N-dealkylation sites (N-methyl/N-ethyl adjacent to an activating group) is 1. The number of hydrogen-bond donors (Lipinski definition) is 2. The average molecular weight is 524 g/mol. The highest BCUT2D eigenvalue weighted by atomic mass is 16.6. The van der Waals surface area contributed by atoms with Crippen molar-refractivity contribution in [1.82, 2.24) is 15.5 Å². The van der Waals surface area contributed by atoms with E-state index >= 15 is 0 Å². The summed E-state index contributed by atoms with van der Waals surface area (Å²) >= 11 is 0. The van der Waals surface area contributed by atoms with Crippen molar-refractivity contribution in [2.75, 3.05) is 13.1 Å². The molecule has 38 heavy (non-hydrogen) atoms. The SMILES string of the molecule is CCCCCNC(=O)C(c1ccc(C)c(C)c1)N(CC)C(=O)C(Cc1ccccc1)NC(=O)OC(C)(C)C. The summed E-state index contributed by atoms with van der Waals surface area (Å²) in [5, 5.41) is 5.81. The Morgan fingerprint density at radius 3 is 2.21 bits per heavy atom. The molecule has 0 radical (unpaired) electrons. The Bertz CT molecular complexity index is 1060. The highest BCUT2D eigenvalue weighted by molar-refractivity contribution is 5.92. The van der Waals surface area contributed by atoms with Gasteiger partial charge in [0.05, 0.1) is 0 Å². The molecular formula is C31H45N3O4. The maximum Gasteiger partial charge on any atom is 0.408 e. The van der Waals surface area contributed by atoms with Gasteiger partial charge in [-0.05, 0) is 70.2 Å². The molecule has 0 aromatic heterocycles. The summed E-state index contributed by atoms with van der Waals surface area (Å²) in [4.78, 5) is 42.0. The summed E-state index contributed by atoms with van der Waals surface area (Å²) in [6.07, 6.45) is 2.54. The molecule has 2 rings (SSSR count). The van der Waals surface area contributed by atoms with Crippen LogP contribution in [-0.2, 0) is 20.7 Å². The highest BCUT2D eigenvalue weighted by Gasteiger charge is 2.35. The minimum Gasteiger partial charge on any atom is -0.444 e. The second-order valence-electron chi connectivity index (χ2n) is 10.8. The number of amides is 3. The van der Waals surface area contributed by atoms with E-state index in [0.717, 1.165) is 41.5 Å². The molecule has 2 N–H and O–H groups in total. The van der Waals surface area contributed by atoms with Crippen LogP contribution in [0.25, 0.3) is 0 Å². The van der Waals surface area contributed by atoms with Gasteiger partial charge in [0.15, 0.2) is 0 Å². The van der Waals surface area contributed by atoms with E-state index in [-0.39, 0.29) is 18.2 Å². The van der Waals surface area contributed by atoms with Crippen molar-refractivity contribution in [3.8, 4) is 0 Å². The van der Waals surface area contributed by atoms with Crippen molar-refractivity contribution in [3.63, 3.8) is 0 Å². The Kier molecular flexibility index (Phi) is 11.8.